The molecule has 0 aliphatic carbocycles. The minimum absolute atomic E-state index is 0.0385. The lowest BCUT2D eigenvalue weighted by Gasteiger charge is -2.20. The molecule has 18 heavy (non-hydrogen) atoms. The maximum Gasteiger partial charge on any atom is 0.303 e. The van der Waals surface area contributed by atoms with E-state index < -0.39 is 5.97 Å². The standard InChI is InChI=1S/C13H16ClNO3/c1-2-15(12(16)7-8-13(17)18)9-10-3-5-11(14)6-4-10/h3-6H,2,7-9H2,1H3,(H,17,18). The predicted octanol–water partition coefficient (Wildman–Crippen LogP) is 2.55. The van der Waals surface area contributed by atoms with Crippen LogP contribution in [0.1, 0.15) is 25.3 Å². The molecule has 0 aliphatic rings. The van der Waals surface area contributed by atoms with Crippen LogP contribution in [0.4, 0.5) is 0 Å². The van der Waals surface area contributed by atoms with Crippen LogP contribution in [-0.4, -0.2) is 28.4 Å². The quantitative estimate of drug-likeness (QED) is 0.863. The first-order chi connectivity index (χ1) is 8.52. The lowest BCUT2D eigenvalue weighted by Crippen LogP contribution is -2.30. The summed E-state index contributed by atoms with van der Waals surface area (Å²) in [4.78, 5) is 23.8. The molecule has 1 aromatic rings. The first kappa shape index (κ1) is 14.5. The van der Waals surface area contributed by atoms with Gasteiger partial charge in [-0.1, -0.05) is 23.7 Å². The van der Waals surface area contributed by atoms with Crippen molar-refractivity contribution in [2.45, 2.75) is 26.3 Å². The Morgan fingerprint density at radius 2 is 1.83 bits per heavy atom. The molecular weight excluding hydrogens is 254 g/mol. The van der Waals surface area contributed by atoms with Gasteiger partial charge in [0.05, 0.1) is 6.42 Å². The number of benzene rings is 1. The number of carboxylic acid groups (broad SMARTS) is 1. The predicted molar refractivity (Wildman–Crippen MR) is 69.4 cm³/mol. The molecule has 1 rings (SSSR count). The van der Waals surface area contributed by atoms with Crippen molar-refractivity contribution < 1.29 is 14.7 Å². The van der Waals surface area contributed by atoms with Gasteiger partial charge in [0, 0.05) is 24.5 Å². The average molecular weight is 270 g/mol. The van der Waals surface area contributed by atoms with E-state index in [0.717, 1.165) is 5.56 Å². The number of aliphatic carboxylic acids is 1. The number of nitrogens with zero attached hydrogens (tertiary/aromatic N) is 1. The molecule has 0 spiro atoms. The van der Waals surface area contributed by atoms with Crippen molar-refractivity contribution in [3.63, 3.8) is 0 Å². The lowest BCUT2D eigenvalue weighted by molar-refractivity contribution is -0.141. The van der Waals surface area contributed by atoms with E-state index in [1.807, 2.05) is 19.1 Å². The van der Waals surface area contributed by atoms with E-state index in [9.17, 15) is 9.59 Å². The lowest BCUT2D eigenvalue weighted by atomic mass is 10.2. The maximum absolute atomic E-state index is 11.8. The van der Waals surface area contributed by atoms with Gasteiger partial charge in [-0.2, -0.15) is 0 Å². The van der Waals surface area contributed by atoms with Crippen molar-refractivity contribution in [2.75, 3.05) is 6.54 Å². The van der Waals surface area contributed by atoms with Crippen molar-refractivity contribution in [1.82, 2.24) is 4.90 Å². The van der Waals surface area contributed by atoms with E-state index in [1.165, 1.54) is 0 Å². The molecule has 4 nitrogen and oxygen atoms in total. The highest BCUT2D eigenvalue weighted by molar-refractivity contribution is 6.30. The first-order valence-corrected chi connectivity index (χ1v) is 6.14. The summed E-state index contributed by atoms with van der Waals surface area (Å²) < 4.78 is 0. The van der Waals surface area contributed by atoms with Gasteiger partial charge in [0.15, 0.2) is 0 Å². The second-order valence-corrected chi connectivity index (χ2v) is 4.36. The van der Waals surface area contributed by atoms with Crippen LogP contribution in [-0.2, 0) is 16.1 Å². The van der Waals surface area contributed by atoms with Gasteiger partial charge in [-0.25, -0.2) is 0 Å². The molecule has 0 saturated carbocycles. The highest BCUT2D eigenvalue weighted by Gasteiger charge is 2.13. The Hall–Kier alpha value is -1.55. The van der Waals surface area contributed by atoms with E-state index in [0.29, 0.717) is 18.1 Å². The van der Waals surface area contributed by atoms with Gasteiger partial charge in [-0.3, -0.25) is 9.59 Å². The summed E-state index contributed by atoms with van der Waals surface area (Å²) in [7, 11) is 0. The van der Waals surface area contributed by atoms with Crippen LogP contribution in [0.15, 0.2) is 24.3 Å². The fourth-order valence-corrected chi connectivity index (χ4v) is 1.68. The van der Waals surface area contributed by atoms with E-state index >= 15 is 0 Å². The first-order valence-electron chi connectivity index (χ1n) is 5.77. The van der Waals surface area contributed by atoms with Crippen LogP contribution in [0, 0.1) is 0 Å². The zero-order valence-electron chi connectivity index (χ0n) is 10.2. The molecule has 5 heteroatoms. The fourth-order valence-electron chi connectivity index (χ4n) is 1.56. The van der Waals surface area contributed by atoms with Crippen molar-refractivity contribution >= 4 is 23.5 Å². The molecule has 0 aromatic heterocycles. The molecule has 0 unspecified atom stereocenters. The number of hydrogen-bond donors (Lipinski definition) is 1. The molecule has 1 aromatic carbocycles. The van der Waals surface area contributed by atoms with E-state index in [2.05, 4.69) is 0 Å². The molecule has 98 valence electrons. The summed E-state index contributed by atoms with van der Waals surface area (Å²) in [5.74, 6) is -1.10. The van der Waals surface area contributed by atoms with Crippen LogP contribution in [0.25, 0.3) is 0 Å². The molecule has 0 saturated heterocycles. The number of rotatable bonds is 6. The van der Waals surface area contributed by atoms with E-state index in [1.54, 1.807) is 17.0 Å². The summed E-state index contributed by atoms with van der Waals surface area (Å²) in [6.45, 7) is 2.90. The molecular formula is C13H16ClNO3. The molecule has 0 radical (unpaired) electrons. The summed E-state index contributed by atoms with van der Waals surface area (Å²) >= 11 is 5.78. The van der Waals surface area contributed by atoms with Crippen LogP contribution in [0.3, 0.4) is 0 Å². The molecule has 1 N–H and O–H groups in total. The van der Waals surface area contributed by atoms with Gasteiger partial charge in [0.2, 0.25) is 5.91 Å². The minimum atomic E-state index is -0.953. The van der Waals surface area contributed by atoms with Gasteiger partial charge >= 0.3 is 5.97 Å². The molecule has 0 bridgehead atoms. The molecule has 0 aliphatic heterocycles. The SMILES string of the molecule is CCN(Cc1ccc(Cl)cc1)C(=O)CCC(=O)O. The summed E-state index contributed by atoms with van der Waals surface area (Å²) in [5, 5.41) is 9.20. The number of carbonyl (C=O) groups excluding carboxylic acids is 1. The third-order valence-corrected chi connectivity index (χ3v) is 2.83. The van der Waals surface area contributed by atoms with Crippen LogP contribution < -0.4 is 0 Å². The van der Waals surface area contributed by atoms with Gasteiger partial charge in [-0.15, -0.1) is 0 Å². The third kappa shape index (κ3) is 4.75. The number of carbonyl (C=O) groups is 2. The molecule has 0 fully saturated rings. The Bertz CT molecular complexity index is 417. The Balaban J connectivity index is 2.58. The minimum Gasteiger partial charge on any atom is -0.481 e. The van der Waals surface area contributed by atoms with Crippen molar-refractivity contribution in [2.24, 2.45) is 0 Å². The van der Waals surface area contributed by atoms with Gasteiger partial charge in [-0.05, 0) is 24.6 Å². The third-order valence-electron chi connectivity index (χ3n) is 2.57. The maximum atomic E-state index is 11.8. The number of carboxylic acids is 1. The van der Waals surface area contributed by atoms with Crippen LogP contribution in [0.2, 0.25) is 5.02 Å². The Morgan fingerprint density at radius 3 is 2.33 bits per heavy atom. The van der Waals surface area contributed by atoms with Gasteiger partial charge < -0.3 is 10.0 Å². The Kier molecular flexibility index (Phi) is 5.65. The van der Waals surface area contributed by atoms with E-state index in [-0.39, 0.29) is 18.7 Å². The zero-order valence-corrected chi connectivity index (χ0v) is 11.0. The fraction of sp³-hybridized carbons (Fsp3) is 0.385. The van der Waals surface area contributed by atoms with Crippen LogP contribution in [0.5, 0.6) is 0 Å². The van der Waals surface area contributed by atoms with Crippen molar-refractivity contribution in [3.05, 3.63) is 34.9 Å². The highest BCUT2D eigenvalue weighted by Crippen LogP contribution is 2.12. The van der Waals surface area contributed by atoms with Crippen molar-refractivity contribution in [1.29, 1.82) is 0 Å². The second-order valence-electron chi connectivity index (χ2n) is 3.93. The molecule has 1 amide bonds. The average Bonchev–Trinajstić information content (AvgIpc) is 2.35. The highest BCUT2D eigenvalue weighted by atomic mass is 35.5. The molecule has 0 atom stereocenters. The van der Waals surface area contributed by atoms with E-state index in [4.69, 9.17) is 16.7 Å². The number of hydrogen-bond acceptors (Lipinski definition) is 2. The van der Waals surface area contributed by atoms with Gasteiger partial charge in [0.25, 0.3) is 0 Å². The monoisotopic (exact) mass is 269 g/mol. The summed E-state index contributed by atoms with van der Waals surface area (Å²) in [6, 6.07) is 7.25. The van der Waals surface area contributed by atoms with Gasteiger partial charge in [0.1, 0.15) is 0 Å². The Morgan fingerprint density at radius 1 is 1.22 bits per heavy atom. The van der Waals surface area contributed by atoms with Crippen LogP contribution >= 0.6 is 11.6 Å². The Labute approximate surface area is 111 Å². The zero-order chi connectivity index (χ0) is 13.5. The molecule has 0 heterocycles. The smallest absolute Gasteiger partial charge is 0.303 e. The normalized spacial score (nSPS) is 10.1. The topological polar surface area (TPSA) is 57.6 Å². The van der Waals surface area contributed by atoms with Crippen molar-refractivity contribution in [3.8, 4) is 0 Å². The summed E-state index contributed by atoms with van der Waals surface area (Å²) in [6.07, 6.45) is -0.0906. The summed E-state index contributed by atoms with van der Waals surface area (Å²) in [5.41, 5.74) is 0.977. The number of halogens is 1. The largest absolute Gasteiger partial charge is 0.481 e. The number of amides is 1. The second kappa shape index (κ2) is 7.01.